The maximum atomic E-state index is 12.7. The number of ether oxygens (including phenoxy) is 1. The van der Waals surface area contributed by atoms with Gasteiger partial charge in [0.2, 0.25) is 5.91 Å². The number of carbonyl (C=O) groups is 1. The van der Waals surface area contributed by atoms with Crippen molar-refractivity contribution in [1.29, 1.82) is 0 Å². The van der Waals surface area contributed by atoms with E-state index < -0.39 is 0 Å². The molecule has 4 heterocycles. The number of carbonyl (C=O) groups excluding carboxylic acids is 1. The largest absolute Gasteiger partial charge is 0.372 e. The lowest BCUT2D eigenvalue weighted by molar-refractivity contribution is -0.136. The van der Waals surface area contributed by atoms with Crippen LogP contribution in [-0.4, -0.2) is 40.3 Å². The van der Waals surface area contributed by atoms with Crippen LogP contribution in [0.25, 0.3) is 0 Å². The third-order valence-corrected chi connectivity index (χ3v) is 5.82. The van der Waals surface area contributed by atoms with Gasteiger partial charge < -0.3 is 9.64 Å². The molecule has 0 bridgehead atoms. The highest BCUT2D eigenvalue weighted by atomic mass is 32.1. The third kappa shape index (κ3) is 3.05. The Kier molecular flexibility index (Phi) is 4.18. The number of piperidine rings is 1. The Bertz CT molecular complexity index is 667. The van der Waals surface area contributed by atoms with Crippen molar-refractivity contribution in [2.24, 2.45) is 0 Å². The Hall–Kier alpha value is -1.66. The molecule has 6 heteroatoms. The van der Waals surface area contributed by atoms with E-state index in [2.05, 4.69) is 16.5 Å². The van der Waals surface area contributed by atoms with Gasteiger partial charge in [-0.25, -0.2) is 0 Å². The van der Waals surface area contributed by atoms with Gasteiger partial charge in [-0.1, -0.05) is 0 Å². The molecule has 1 fully saturated rings. The Balaban J connectivity index is 1.42. The summed E-state index contributed by atoms with van der Waals surface area (Å²) in [7, 11) is 0. The number of rotatable bonds is 3. The molecule has 122 valence electrons. The Labute approximate surface area is 139 Å². The minimum absolute atomic E-state index is 0.0590. The van der Waals surface area contributed by atoms with Crippen LogP contribution in [0, 0.1) is 0 Å². The third-order valence-electron chi connectivity index (χ3n) is 4.77. The molecule has 0 radical (unpaired) electrons. The molecular formula is C17H21N3O2S. The molecule has 0 aromatic carbocycles. The van der Waals surface area contributed by atoms with E-state index in [4.69, 9.17) is 4.74 Å². The Morgan fingerprint density at radius 3 is 3.30 bits per heavy atom. The Morgan fingerprint density at radius 2 is 2.43 bits per heavy atom. The zero-order valence-corrected chi connectivity index (χ0v) is 13.9. The van der Waals surface area contributed by atoms with E-state index in [1.54, 1.807) is 17.5 Å². The molecule has 2 aromatic rings. The first-order valence-corrected chi connectivity index (χ1v) is 9.14. The summed E-state index contributed by atoms with van der Waals surface area (Å²) in [6.45, 7) is 2.32. The second-order valence-corrected chi connectivity index (χ2v) is 7.19. The van der Waals surface area contributed by atoms with Crippen molar-refractivity contribution < 1.29 is 9.53 Å². The maximum Gasteiger partial charge on any atom is 0.225 e. The van der Waals surface area contributed by atoms with E-state index in [0.29, 0.717) is 12.5 Å². The molecule has 2 atom stereocenters. The van der Waals surface area contributed by atoms with Crippen molar-refractivity contribution in [2.75, 3.05) is 19.7 Å². The van der Waals surface area contributed by atoms with Gasteiger partial charge in [-0.05, 0) is 42.3 Å². The molecule has 1 amide bonds. The molecule has 0 N–H and O–H groups in total. The summed E-state index contributed by atoms with van der Waals surface area (Å²) >= 11 is 1.71. The fourth-order valence-corrected chi connectivity index (χ4v) is 4.56. The molecule has 4 rings (SSSR count). The molecule has 2 aliphatic rings. The quantitative estimate of drug-likeness (QED) is 0.869. The van der Waals surface area contributed by atoms with Crippen molar-refractivity contribution >= 4 is 17.2 Å². The fraction of sp³-hybridized carbons (Fsp3) is 0.529. The van der Waals surface area contributed by atoms with Crippen molar-refractivity contribution in [3.8, 4) is 0 Å². The monoisotopic (exact) mass is 331 g/mol. The van der Waals surface area contributed by atoms with Crippen molar-refractivity contribution in [3.05, 3.63) is 40.3 Å². The second-order valence-electron chi connectivity index (χ2n) is 6.25. The van der Waals surface area contributed by atoms with E-state index >= 15 is 0 Å². The van der Waals surface area contributed by atoms with Crippen LogP contribution in [0.3, 0.4) is 0 Å². The molecule has 5 nitrogen and oxygen atoms in total. The molecular weight excluding hydrogens is 310 g/mol. The van der Waals surface area contributed by atoms with Gasteiger partial charge in [0.25, 0.3) is 0 Å². The number of fused-ring (bicyclic) bond motifs is 1. The highest BCUT2D eigenvalue weighted by Gasteiger charge is 2.29. The van der Waals surface area contributed by atoms with Gasteiger partial charge in [0, 0.05) is 30.4 Å². The van der Waals surface area contributed by atoms with Crippen LogP contribution in [-0.2, 0) is 16.0 Å². The predicted molar refractivity (Wildman–Crippen MR) is 88.4 cm³/mol. The zero-order chi connectivity index (χ0) is 15.6. The van der Waals surface area contributed by atoms with Gasteiger partial charge in [0.1, 0.15) is 6.10 Å². The smallest absolute Gasteiger partial charge is 0.225 e. The van der Waals surface area contributed by atoms with Crippen LogP contribution in [0.1, 0.15) is 41.8 Å². The molecule has 0 saturated carbocycles. The van der Waals surface area contributed by atoms with Crippen molar-refractivity contribution in [3.63, 3.8) is 0 Å². The summed E-state index contributed by atoms with van der Waals surface area (Å²) in [6.07, 6.45) is 7.27. The highest BCUT2D eigenvalue weighted by Crippen LogP contribution is 2.34. The lowest BCUT2D eigenvalue weighted by Gasteiger charge is -2.34. The van der Waals surface area contributed by atoms with E-state index in [1.165, 1.54) is 10.4 Å². The van der Waals surface area contributed by atoms with Crippen LogP contribution in [0.2, 0.25) is 0 Å². The standard InChI is InChI=1S/C17H21N3O2S/c21-16(11-15-17-13(4-9-22-15)5-10-23-17)19-7-1-3-14(12-19)20-8-2-6-18-20/h2,5-6,8,10,14-15H,1,3-4,7,9,11-12H2/t14-,15+/m0/s1. The molecule has 23 heavy (non-hydrogen) atoms. The van der Waals surface area contributed by atoms with E-state index in [9.17, 15) is 4.79 Å². The predicted octanol–water partition coefficient (Wildman–Crippen LogP) is 2.81. The second kappa shape index (κ2) is 6.45. The lowest BCUT2D eigenvalue weighted by Crippen LogP contribution is -2.41. The number of thiophene rings is 1. The van der Waals surface area contributed by atoms with Gasteiger partial charge in [0.15, 0.2) is 0 Å². The Morgan fingerprint density at radius 1 is 1.48 bits per heavy atom. The summed E-state index contributed by atoms with van der Waals surface area (Å²) in [5.74, 6) is 0.202. The van der Waals surface area contributed by atoms with Crippen LogP contribution < -0.4 is 0 Å². The molecule has 0 unspecified atom stereocenters. The number of amides is 1. The molecule has 0 aliphatic carbocycles. The van der Waals surface area contributed by atoms with Gasteiger partial charge in [-0.15, -0.1) is 11.3 Å². The summed E-state index contributed by atoms with van der Waals surface area (Å²) in [5, 5.41) is 6.43. The first kappa shape index (κ1) is 14.9. The van der Waals surface area contributed by atoms with E-state index in [1.807, 2.05) is 21.8 Å². The first-order chi connectivity index (χ1) is 11.3. The normalized spacial score (nSPS) is 24.4. The number of hydrogen-bond donors (Lipinski definition) is 0. The average Bonchev–Trinajstić information content (AvgIpc) is 3.27. The maximum absolute atomic E-state index is 12.7. The van der Waals surface area contributed by atoms with E-state index in [-0.39, 0.29) is 12.0 Å². The van der Waals surface area contributed by atoms with Gasteiger partial charge in [0.05, 0.1) is 19.1 Å². The minimum Gasteiger partial charge on any atom is -0.372 e. The first-order valence-electron chi connectivity index (χ1n) is 8.26. The number of hydrogen-bond acceptors (Lipinski definition) is 4. The molecule has 1 saturated heterocycles. The SMILES string of the molecule is O=C(C[C@H]1OCCc2ccsc21)N1CCC[C@H](n2cccn2)C1. The fourth-order valence-electron chi connectivity index (χ4n) is 3.56. The zero-order valence-electron chi connectivity index (χ0n) is 13.1. The number of likely N-dealkylation sites (tertiary alicyclic amines) is 1. The number of aromatic nitrogens is 2. The highest BCUT2D eigenvalue weighted by molar-refractivity contribution is 7.10. The number of nitrogens with zero attached hydrogens (tertiary/aromatic N) is 3. The molecule has 2 aliphatic heterocycles. The van der Waals surface area contributed by atoms with Gasteiger partial charge in [-0.2, -0.15) is 5.10 Å². The van der Waals surface area contributed by atoms with Crippen LogP contribution in [0.15, 0.2) is 29.9 Å². The van der Waals surface area contributed by atoms with Crippen LogP contribution >= 0.6 is 11.3 Å². The van der Waals surface area contributed by atoms with Gasteiger partial charge >= 0.3 is 0 Å². The van der Waals surface area contributed by atoms with Crippen molar-refractivity contribution in [1.82, 2.24) is 14.7 Å². The minimum atomic E-state index is -0.0590. The summed E-state index contributed by atoms with van der Waals surface area (Å²) in [4.78, 5) is 16.0. The van der Waals surface area contributed by atoms with Crippen LogP contribution in [0.4, 0.5) is 0 Å². The van der Waals surface area contributed by atoms with E-state index in [0.717, 1.165) is 39.0 Å². The van der Waals surface area contributed by atoms with Crippen LogP contribution in [0.5, 0.6) is 0 Å². The molecule has 0 spiro atoms. The molecule has 2 aromatic heterocycles. The summed E-state index contributed by atoms with van der Waals surface area (Å²) in [6, 6.07) is 4.40. The lowest BCUT2D eigenvalue weighted by atomic mass is 10.0. The summed E-state index contributed by atoms with van der Waals surface area (Å²) < 4.78 is 7.85. The average molecular weight is 331 g/mol. The van der Waals surface area contributed by atoms with Gasteiger partial charge in [-0.3, -0.25) is 9.48 Å². The topological polar surface area (TPSA) is 47.4 Å². The van der Waals surface area contributed by atoms with Crippen molar-refractivity contribution in [2.45, 2.75) is 37.8 Å². The summed E-state index contributed by atoms with van der Waals surface area (Å²) in [5.41, 5.74) is 1.35.